The van der Waals surface area contributed by atoms with Crippen LogP contribution in [-0.2, 0) is 14.8 Å². The van der Waals surface area contributed by atoms with Crippen LogP contribution in [0.2, 0.25) is 5.02 Å². The molecule has 30 heavy (non-hydrogen) atoms. The lowest BCUT2D eigenvalue weighted by Crippen LogP contribution is -2.32. The standard InChI is InChI=1S/C21H23ClN2O5S/c22-18-10-9-17(30(27,28)24-11-5-1-2-6-12-24)13-19(18)23-21(26)15-29-20-8-4-3-7-16(20)14-25/h3-4,7-10,13-14H,1-2,5-6,11-12,15H2,(H,23,26). The third kappa shape index (κ3) is 5.38. The molecule has 0 atom stereocenters. The van der Waals surface area contributed by atoms with Crippen molar-refractivity contribution in [2.24, 2.45) is 0 Å². The molecule has 1 aliphatic heterocycles. The van der Waals surface area contributed by atoms with Gasteiger partial charge in [0, 0.05) is 13.1 Å². The molecule has 1 amide bonds. The second-order valence-corrected chi connectivity index (χ2v) is 9.30. The van der Waals surface area contributed by atoms with Crippen LogP contribution in [0.1, 0.15) is 36.0 Å². The van der Waals surface area contributed by atoms with E-state index in [2.05, 4.69) is 5.32 Å². The highest BCUT2D eigenvalue weighted by atomic mass is 35.5. The molecule has 160 valence electrons. The van der Waals surface area contributed by atoms with Gasteiger partial charge in [-0.25, -0.2) is 8.42 Å². The average molecular weight is 451 g/mol. The summed E-state index contributed by atoms with van der Waals surface area (Å²) >= 11 is 6.16. The number of nitrogens with zero attached hydrogens (tertiary/aromatic N) is 1. The van der Waals surface area contributed by atoms with Crippen LogP contribution in [0.3, 0.4) is 0 Å². The SMILES string of the molecule is O=Cc1ccccc1OCC(=O)Nc1cc(S(=O)(=O)N2CCCCCC2)ccc1Cl. The van der Waals surface area contributed by atoms with E-state index in [0.29, 0.717) is 24.9 Å². The Kier molecular flexibility index (Phi) is 7.47. The minimum atomic E-state index is -3.67. The number of benzene rings is 2. The van der Waals surface area contributed by atoms with Gasteiger partial charge >= 0.3 is 0 Å². The minimum absolute atomic E-state index is 0.0799. The number of halogens is 1. The number of carbonyl (C=O) groups excluding carboxylic acids is 2. The first-order valence-corrected chi connectivity index (χ1v) is 11.5. The van der Waals surface area contributed by atoms with Gasteiger partial charge in [-0.2, -0.15) is 4.31 Å². The number of carbonyl (C=O) groups is 2. The molecule has 0 radical (unpaired) electrons. The van der Waals surface area contributed by atoms with Gasteiger partial charge in [-0.1, -0.05) is 36.6 Å². The van der Waals surface area contributed by atoms with E-state index in [1.807, 2.05) is 0 Å². The summed E-state index contributed by atoms with van der Waals surface area (Å²) < 4.78 is 32.8. The number of para-hydroxylation sites is 1. The molecule has 1 heterocycles. The molecule has 0 spiro atoms. The van der Waals surface area contributed by atoms with E-state index >= 15 is 0 Å². The second-order valence-electron chi connectivity index (χ2n) is 6.95. The summed E-state index contributed by atoms with van der Waals surface area (Å²) in [7, 11) is -3.67. The normalized spacial score (nSPS) is 15.2. The molecule has 0 aliphatic carbocycles. The van der Waals surface area contributed by atoms with Gasteiger partial charge < -0.3 is 10.1 Å². The molecule has 0 aromatic heterocycles. The molecule has 1 aliphatic rings. The summed E-state index contributed by atoms with van der Waals surface area (Å²) in [5.74, 6) is -0.242. The van der Waals surface area contributed by atoms with Crippen molar-refractivity contribution in [2.75, 3.05) is 25.0 Å². The van der Waals surface area contributed by atoms with Gasteiger partial charge in [-0.3, -0.25) is 9.59 Å². The molecule has 1 saturated heterocycles. The monoisotopic (exact) mass is 450 g/mol. The molecule has 7 nitrogen and oxygen atoms in total. The number of hydrogen-bond acceptors (Lipinski definition) is 5. The Labute approximate surface area is 181 Å². The van der Waals surface area contributed by atoms with Crippen LogP contribution >= 0.6 is 11.6 Å². The van der Waals surface area contributed by atoms with Crippen molar-refractivity contribution in [1.82, 2.24) is 4.31 Å². The average Bonchev–Trinajstić information content (AvgIpc) is 3.04. The molecule has 0 saturated carbocycles. The van der Waals surface area contributed by atoms with E-state index in [-0.39, 0.29) is 28.0 Å². The van der Waals surface area contributed by atoms with Crippen LogP contribution < -0.4 is 10.1 Å². The first-order chi connectivity index (χ1) is 14.4. The van der Waals surface area contributed by atoms with Crippen LogP contribution in [0.4, 0.5) is 5.69 Å². The van der Waals surface area contributed by atoms with Crippen LogP contribution in [0.25, 0.3) is 0 Å². The van der Waals surface area contributed by atoms with Crippen molar-refractivity contribution in [3.8, 4) is 5.75 Å². The number of ether oxygens (including phenoxy) is 1. The fourth-order valence-corrected chi connectivity index (χ4v) is 4.94. The zero-order valence-corrected chi connectivity index (χ0v) is 17.9. The summed E-state index contributed by atoms with van der Waals surface area (Å²) in [6.45, 7) is 0.609. The number of anilines is 1. The second kappa shape index (κ2) is 10.1. The van der Waals surface area contributed by atoms with E-state index in [0.717, 1.165) is 25.7 Å². The lowest BCUT2D eigenvalue weighted by atomic mass is 10.2. The van der Waals surface area contributed by atoms with Gasteiger partial charge in [0.25, 0.3) is 5.91 Å². The fraction of sp³-hybridized carbons (Fsp3) is 0.333. The Bertz CT molecular complexity index is 1020. The number of nitrogens with one attached hydrogen (secondary N) is 1. The molecular formula is C21H23ClN2O5S. The topological polar surface area (TPSA) is 92.8 Å². The van der Waals surface area contributed by atoms with Gasteiger partial charge in [0.05, 0.1) is 21.2 Å². The summed E-state index contributed by atoms with van der Waals surface area (Å²) in [5, 5.41) is 2.79. The van der Waals surface area contributed by atoms with Gasteiger partial charge in [0.15, 0.2) is 12.9 Å². The largest absolute Gasteiger partial charge is 0.483 e. The highest BCUT2D eigenvalue weighted by molar-refractivity contribution is 7.89. The lowest BCUT2D eigenvalue weighted by molar-refractivity contribution is -0.118. The highest BCUT2D eigenvalue weighted by Gasteiger charge is 2.26. The molecule has 3 rings (SSSR count). The Morgan fingerprint density at radius 3 is 2.50 bits per heavy atom. The minimum Gasteiger partial charge on any atom is -0.483 e. The maximum Gasteiger partial charge on any atom is 0.262 e. The number of rotatable bonds is 7. The Hall–Kier alpha value is -2.42. The maximum absolute atomic E-state index is 13.0. The maximum atomic E-state index is 13.0. The van der Waals surface area contributed by atoms with Gasteiger partial charge in [-0.05, 0) is 43.2 Å². The smallest absolute Gasteiger partial charge is 0.262 e. The summed E-state index contributed by atoms with van der Waals surface area (Å²) in [4.78, 5) is 23.4. The number of aldehydes is 1. The number of amides is 1. The van der Waals surface area contributed by atoms with E-state index < -0.39 is 15.9 Å². The molecule has 0 unspecified atom stereocenters. The third-order valence-corrected chi connectivity index (χ3v) is 7.04. The van der Waals surface area contributed by atoms with E-state index in [1.165, 1.54) is 22.5 Å². The number of hydrogen-bond donors (Lipinski definition) is 1. The Morgan fingerprint density at radius 1 is 1.10 bits per heavy atom. The molecular weight excluding hydrogens is 428 g/mol. The van der Waals surface area contributed by atoms with Crippen molar-refractivity contribution in [2.45, 2.75) is 30.6 Å². The van der Waals surface area contributed by atoms with Crippen LogP contribution in [0.15, 0.2) is 47.4 Å². The summed E-state index contributed by atoms with van der Waals surface area (Å²) in [6.07, 6.45) is 4.33. The fourth-order valence-electron chi connectivity index (χ4n) is 3.23. The van der Waals surface area contributed by atoms with Gasteiger partial charge in [0.1, 0.15) is 5.75 Å². The van der Waals surface area contributed by atoms with Crippen molar-refractivity contribution in [3.05, 3.63) is 53.1 Å². The van der Waals surface area contributed by atoms with Crippen LogP contribution in [0, 0.1) is 0 Å². The molecule has 9 heteroatoms. The molecule has 1 N–H and O–H groups in total. The van der Waals surface area contributed by atoms with Crippen molar-refractivity contribution >= 4 is 39.5 Å². The predicted molar refractivity (Wildman–Crippen MR) is 115 cm³/mol. The molecule has 1 fully saturated rings. The van der Waals surface area contributed by atoms with Crippen molar-refractivity contribution in [1.29, 1.82) is 0 Å². The summed E-state index contributed by atoms with van der Waals surface area (Å²) in [5.41, 5.74) is 0.513. The Morgan fingerprint density at radius 2 is 1.80 bits per heavy atom. The zero-order chi connectivity index (χ0) is 21.6. The van der Waals surface area contributed by atoms with Gasteiger partial charge in [0.2, 0.25) is 10.0 Å². The third-order valence-electron chi connectivity index (χ3n) is 4.82. The molecule has 2 aromatic rings. The summed E-state index contributed by atoms with van der Waals surface area (Å²) in [6, 6.07) is 10.8. The van der Waals surface area contributed by atoms with Gasteiger partial charge in [-0.15, -0.1) is 0 Å². The van der Waals surface area contributed by atoms with E-state index in [1.54, 1.807) is 24.3 Å². The first kappa shape index (κ1) is 22.3. The quantitative estimate of drug-likeness (QED) is 0.649. The molecule has 0 bridgehead atoms. The Balaban J connectivity index is 1.71. The first-order valence-electron chi connectivity index (χ1n) is 9.68. The molecule has 2 aromatic carbocycles. The van der Waals surface area contributed by atoms with E-state index in [4.69, 9.17) is 16.3 Å². The lowest BCUT2D eigenvalue weighted by Gasteiger charge is -2.20. The predicted octanol–water partition coefficient (Wildman–Crippen LogP) is 3.73. The van der Waals surface area contributed by atoms with Crippen molar-refractivity contribution in [3.63, 3.8) is 0 Å². The van der Waals surface area contributed by atoms with E-state index in [9.17, 15) is 18.0 Å². The van der Waals surface area contributed by atoms with Crippen LogP contribution in [0.5, 0.6) is 5.75 Å². The zero-order valence-electron chi connectivity index (χ0n) is 16.3. The number of sulfonamides is 1. The van der Waals surface area contributed by atoms with Crippen LogP contribution in [-0.4, -0.2) is 44.6 Å². The van der Waals surface area contributed by atoms with Crippen molar-refractivity contribution < 1.29 is 22.7 Å². The highest BCUT2D eigenvalue weighted by Crippen LogP contribution is 2.28.